The number of H-pyrrole nitrogens is 1. The lowest BCUT2D eigenvalue weighted by atomic mass is 10.2. The molecule has 0 aliphatic rings. The van der Waals surface area contributed by atoms with Gasteiger partial charge in [-0.1, -0.05) is 6.07 Å². The standard InChI is InChI=1S/C19H28N4O5/c1-14-13-16-17(22-14)5-3-6-18(16)27-12-4-9-20-10-11-21-19(24)8-7-15(2)28-23(25)26/h3,5-6,13,15,20,22H,4,7-12H2,1-2H3,(H,21,24). The van der Waals surface area contributed by atoms with Crippen molar-refractivity contribution in [3.63, 3.8) is 0 Å². The molecule has 9 heteroatoms. The summed E-state index contributed by atoms with van der Waals surface area (Å²) in [7, 11) is 0. The van der Waals surface area contributed by atoms with Gasteiger partial charge in [-0.2, -0.15) is 0 Å². The van der Waals surface area contributed by atoms with Crippen LogP contribution in [0, 0.1) is 17.0 Å². The molecule has 0 fully saturated rings. The molecule has 0 saturated heterocycles. The van der Waals surface area contributed by atoms with E-state index in [4.69, 9.17) is 4.74 Å². The molecular weight excluding hydrogens is 364 g/mol. The predicted molar refractivity (Wildman–Crippen MR) is 106 cm³/mol. The van der Waals surface area contributed by atoms with Gasteiger partial charge in [0.25, 0.3) is 5.09 Å². The van der Waals surface area contributed by atoms with Gasteiger partial charge in [-0.05, 0) is 51.4 Å². The van der Waals surface area contributed by atoms with E-state index < -0.39 is 11.2 Å². The van der Waals surface area contributed by atoms with E-state index in [2.05, 4.69) is 26.5 Å². The third kappa shape index (κ3) is 7.43. The van der Waals surface area contributed by atoms with Crippen LogP contribution >= 0.6 is 0 Å². The second kappa shape index (κ2) is 11.1. The van der Waals surface area contributed by atoms with Gasteiger partial charge >= 0.3 is 0 Å². The second-order valence-electron chi connectivity index (χ2n) is 6.65. The quantitative estimate of drug-likeness (QED) is 0.273. The molecule has 0 saturated carbocycles. The van der Waals surface area contributed by atoms with Crippen LogP contribution in [-0.4, -0.2) is 48.3 Å². The number of ether oxygens (including phenoxy) is 1. The Bertz CT molecular complexity index is 777. The van der Waals surface area contributed by atoms with Crippen LogP contribution in [-0.2, 0) is 9.63 Å². The van der Waals surface area contributed by atoms with Crippen LogP contribution in [0.1, 0.15) is 31.9 Å². The first-order chi connectivity index (χ1) is 13.5. The molecule has 3 N–H and O–H groups in total. The third-order valence-electron chi connectivity index (χ3n) is 4.18. The van der Waals surface area contributed by atoms with Gasteiger partial charge in [0.1, 0.15) is 11.9 Å². The highest BCUT2D eigenvalue weighted by molar-refractivity contribution is 5.86. The van der Waals surface area contributed by atoms with Crippen LogP contribution in [0.5, 0.6) is 5.75 Å². The van der Waals surface area contributed by atoms with E-state index in [0.29, 0.717) is 26.1 Å². The van der Waals surface area contributed by atoms with Gasteiger partial charge in [0.15, 0.2) is 0 Å². The molecule has 1 aromatic heterocycles. The average Bonchev–Trinajstić information content (AvgIpc) is 3.02. The topological polar surface area (TPSA) is 119 Å². The Hall–Kier alpha value is -2.81. The summed E-state index contributed by atoms with van der Waals surface area (Å²) in [6, 6.07) is 8.05. The fraction of sp³-hybridized carbons (Fsp3) is 0.526. The van der Waals surface area contributed by atoms with Gasteiger partial charge in [-0.3, -0.25) is 4.79 Å². The zero-order valence-electron chi connectivity index (χ0n) is 16.3. The highest BCUT2D eigenvalue weighted by Gasteiger charge is 2.09. The smallest absolute Gasteiger partial charge is 0.294 e. The van der Waals surface area contributed by atoms with Crippen LogP contribution in [0.15, 0.2) is 24.3 Å². The van der Waals surface area contributed by atoms with Crippen molar-refractivity contribution in [1.82, 2.24) is 15.6 Å². The van der Waals surface area contributed by atoms with Crippen molar-refractivity contribution >= 4 is 16.8 Å². The molecule has 0 aliphatic heterocycles. The number of carbonyl (C=O) groups is 1. The molecule has 1 aromatic carbocycles. The van der Waals surface area contributed by atoms with Crippen molar-refractivity contribution < 1.29 is 19.5 Å². The molecule has 28 heavy (non-hydrogen) atoms. The number of amides is 1. The average molecular weight is 392 g/mol. The number of hydrogen-bond donors (Lipinski definition) is 3. The number of aromatic amines is 1. The maximum Gasteiger partial charge on any atom is 0.294 e. The first kappa shape index (κ1) is 21.5. The largest absolute Gasteiger partial charge is 0.493 e. The lowest BCUT2D eigenvalue weighted by molar-refractivity contribution is -0.767. The van der Waals surface area contributed by atoms with Crippen LogP contribution < -0.4 is 15.4 Å². The number of nitrogens with zero attached hydrogens (tertiary/aromatic N) is 1. The Morgan fingerprint density at radius 1 is 1.32 bits per heavy atom. The number of fused-ring (bicyclic) bond motifs is 1. The number of rotatable bonds is 13. The Morgan fingerprint density at radius 2 is 2.14 bits per heavy atom. The number of nitrogens with one attached hydrogen (secondary N) is 3. The molecule has 0 aliphatic carbocycles. The van der Waals surface area contributed by atoms with E-state index >= 15 is 0 Å². The van der Waals surface area contributed by atoms with Crippen LogP contribution in [0.25, 0.3) is 10.9 Å². The Labute approximate surface area is 163 Å². The minimum absolute atomic E-state index is 0.140. The molecule has 1 heterocycles. The maximum atomic E-state index is 11.6. The summed E-state index contributed by atoms with van der Waals surface area (Å²) in [4.78, 5) is 29.5. The van der Waals surface area contributed by atoms with Gasteiger partial charge in [0.2, 0.25) is 5.91 Å². The fourth-order valence-corrected chi connectivity index (χ4v) is 2.81. The number of benzene rings is 1. The molecule has 2 rings (SSSR count). The summed E-state index contributed by atoms with van der Waals surface area (Å²) in [6.07, 6.45) is 0.779. The van der Waals surface area contributed by atoms with E-state index in [1.54, 1.807) is 6.92 Å². The van der Waals surface area contributed by atoms with Crippen LogP contribution in [0.4, 0.5) is 0 Å². The maximum absolute atomic E-state index is 11.6. The van der Waals surface area contributed by atoms with E-state index in [9.17, 15) is 14.9 Å². The van der Waals surface area contributed by atoms with Gasteiger partial charge in [-0.25, -0.2) is 0 Å². The monoisotopic (exact) mass is 392 g/mol. The zero-order chi connectivity index (χ0) is 20.4. The van der Waals surface area contributed by atoms with Crippen molar-refractivity contribution in [2.24, 2.45) is 0 Å². The molecule has 0 radical (unpaired) electrons. The number of carbonyl (C=O) groups excluding carboxylic acids is 1. The van der Waals surface area contributed by atoms with Gasteiger partial charge in [-0.15, -0.1) is 10.1 Å². The normalized spacial score (nSPS) is 11.9. The number of hydrogen-bond acceptors (Lipinski definition) is 6. The lowest BCUT2D eigenvalue weighted by Gasteiger charge is -2.10. The summed E-state index contributed by atoms with van der Waals surface area (Å²) in [5.41, 5.74) is 2.18. The van der Waals surface area contributed by atoms with Crippen molar-refractivity contribution in [3.05, 3.63) is 40.1 Å². The fourth-order valence-electron chi connectivity index (χ4n) is 2.81. The summed E-state index contributed by atoms with van der Waals surface area (Å²) >= 11 is 0. The SMILES string of the molecule is Cc1cc2c(OCCCNCCNC(=O)CCC(C)O[N+](=O)[O-])cccc2[nH]1. The first-order valence-corrected chi connectivity index (χ1v) is 9.45. The van der Waals surface area contributed by atoms with Crippen LogP contribution in [0.3, 0.4) is 0 Å². The zero-order valence-corrected chi connectivity index (χ0v) is 16.3. The van der Waals surface area contributed by atoms with E-state index in [-0.39, 0.29) is 12.3 Å². The second-order valence-corrected chi connectivity index (χ2v) is 6.65. The Morgan fingerprint density at radius 3 is 2.93 bits per heavy atom. The Kier molecular flexibility index (Phi) is 8.54. The minimum Gasteiger partial charge on any atom is -0.493 e. The molecule has 1 atom stereocenters. The summed E-state index contributed by atoms with van der Waals surface area (Å²) < 4.78 is 5.87. The summed E-state index contributed by atoms with van der Waals surface area (Å²) in [6.45, 7) is 6.14. The summed E-state index contributed by atoms with van der Waals surface area (Å²) in [5, 5.41) is 16.4. The van der Waals surface area contributed by atoms with Gasteiger partial charge in [0, 0.05) is 36.1 Å². The third-order valence-corrected chi connectivity index (χ3v) is 4.18. The molecule has 0 bridgehead atoms. The molecule has 154 valence electrons. The van der Waals surface area contributed by atoms with Crippen molar-refractivity contribution in [2.75, 3.05) is 26.2 Å². The molecular formula is C19H28N4O5. The van der Waals surface area contributed by atoms with E-state index in [1.165, 1.54) is 0 Å². The molecule has 9 nitrogen and oxygen atoms in total. The summed E-state index contributed by atoms with van der Waals surface area (Å²) in [5.74, 6) is 0.739. The van der Waals surface area contributed by atoms with Crippen molar-refractivity contribution in [1.29, 1.82) is 0 Å². The van der Waals surface area contributed by atoms with E-state index in [0.717, 1.165) is 35.3 Å². The van der Waals surface area contributed by atoms with Crippen LogP contribution in [0.2, 0.25) is 0 Å². The van der Waals surface area contributed by atoms with Crippen molar-refractivity contribution in [2.45, 2.75) is 39.2 Å². The van der Waals surface area contributed by atoms with Gasteiger partial charge < -0.3 is 25.2 Å². The molecule has 1 unspecified atom stereocenters. The Balaban J connectivity index is 1.50. The molecule has 2 aromatic rings. The lowest BCUT2D eigenvalue weighted by Crippen LogP contribution is -2.32. The predicted octanol–water partition coefficient (Wildman–Crippen LogP) is 2.33. The number of aryl methyl sites for hydroxylation is 1. The van der Waals surface area contributed by atoms with Gasteiger partial charge in [0.05, 0.1) is 6.61 Å². The highest BCUT2D eigenvalue weighted by Crippen LogP contribution is 2.26. The molecule has 1 amide bonds. The first-order valence-electron chi connectivity index (χ1n) is 9.45. The highest BCUT2D eigenvalue weighted by atomic mass is 17.0. The van der Waals surface area contributed by atoms with Crippen molar-refractivity contribution in [3.8, 4) is 5.75 Å². The minimum atomic E-state index is -0.837. The number of aromatic nitrogens is 1. The molecule has 0 spiro atoms. The van der Waals surface area contributed by atoms with E-state index in [1.807, 2.05) is 25.1 Å².